The van der Waals surface area contributed by atoms with E-state index in [1.165, 1.54) is 40.6 Å². The number of methoxy groups -OCH3 is 4. The van der Waals surface area contributed by atoms with Gasteiger partial charge in [-0.3, -0.25) is 9.59 Å². The van der Waals surface area contributed by atoms with Crippen LogP contribution in [0, 0.1) is 0 Å². The molecule has 2 amide bonds. The van der Waals surface area contributed by atoms with Crippen molar-refractivity contribution >= 4 is 44.8 Å². The molecular formula is C29H33N3O8S. The molecule has 0 atom stereocenters. The molecule has 0 saturated carbocycles. The van der Waals surface area contributed by atoms with E-state index in [1.807, 2.05) is 0 Å². The lowest BCUT2D eigenvalue weighted by Crippen LogP contribution is -2.18. The monoisotopic (exact) mass is 583 g/mol. The SMILES string of the molecule is COc1cc(OC)c(/C=C/S(=O)(=O)Cc2ccc(OC)c(NC(=O)CCC(=O)Nc3ccccc3N)c2)c(OC)c1. The number of carbonyl (C=O) groups is 2. The third kappa shape index (κ3) is 8.64. The Morgan fingerprint density at radius 3 is 1.93 bits per heavy atom. The summed E-state index contributed by atoms with van der Waals surface area (Å²) in [4.78, 5) is 24.9. The molecule has 4 N–H and O–H groups in total. The van der Waals surface area contributed by atoms with Gasteiger partial charge in [-0.25, -0.2) is 8.42 Å². The van der Waals surface area contributed by atoms with E-state index in [0.717, 1.165) is 5.41 Å². The van der Waals surface area contributed by atoms with Gasteiger partial charge in [-0.2, -0.15) is 0 Å². The highest BCUT2D eigenvalue weighted by atomic mass is 32.2. The van der Waals surface area contributed by atoms with E-state index in [1.54, 1.807) is 48.5 Å². The number of nitrogen functional groups attached to an aromatic ring is 1. The van der Waals surface area contributed by atoms with Crippen LogP contribution >= 0.6 is 0 Å². The maximum absolute atomic E-state index is 13.0. The number of amides is 2. The van der Waals surface area contributed by atoms with Crippen molar-refractivity contribution in [2.24, 2.45) is 0 Å². The molecule has 0 aliphatic heterocycles. The quantitative estimate of drug-likeness (QED) is 0.251. The number of benzene rings is 3. The van der Waals surface area contributed by atoms with E-state index in [9.17, 15) is 18.0 Å². The first kappa shape index (κ1) is 30.8. The summed E-state index contributed by atoms with van der Waals surface area (Å²) in [6.07, 6.45) is 1.20. The third-order valence-electron chi connectivity index (χ3n) is 5.92. The van der Waals surface area contributed by atoms with E-state index >= 15 is 0 Å². The Labute approximate surface area is 239 Å². The zero-order chi connectivity index (χ0) is 30.0. The standard InChI is InChI=1S/C29H33N3O8S/c1-37-20-16-26(39-3)21(27(17-20)40-4)13-14-41(35,36)18-19-9-10-25(38-2)24(15-19)32-29(34)12-11-28(33)31-23-8-6-5-7-22(23)30/h5-10,13-17H,11-12,18,30H2,1-4H3,(H,31,33)(H,32,34)/b14-13+. The van der Waals surface area contributed by atoms with Crippen molar-refractivity contribution in [1.82, 2.24) is 0 Å². The predicted octanol–water partition coefficient (Wildman–Crippen LogP) is 4.25. The van der Waals surface area contributed by atoms with Crippen LogP contribution in [0.4, 0.5) is 17.1 Å². The minimum atomic E-state index is -3.76. The number of ether oxygens (including phenoxy) is 4. The number of nitrogens with one attached hydrogen (secondary N) is 2. The molecule has 0 saturated heterocycles. The lowest BCUT2D eigenvalue weighted by atomic mass is 10.1. The molecule has 3 rings (SSSR count). The highest BCUT2D eigenvalue weighted by molar-refractivity contribution is 7.93. The Balaban J connectivity index is 1.70. The molecule has 0 aliphatic rings. The van der Waals surface area contributed by atoms with Gasteiger partial charge in [0.1, 0.15) is 23.0 Å². The predicted molar refractivity (Wildman–Crippen MR) is 158 cm³/mol. The number of nitrogens with two attached hydrogens (primary N) is 1. The average molecular weight is 584 g/mol. The second kappa shape index (κ2) is 14.1. The molecule has 11 nitrogen and oxygen atoms in total. The van der Waals surface area contributed by atoms with E-state index < -0.39 is 15.7 Å². The largest absolute Gasteiger partial charge is 0.496 e. The summed E-state index contributed by atoms with van der Waals surface area (Å²) in [6, 6.07) is 14.7. The van der Waals surface area contributed by atoms with Gasteiger partial charge >= 0.3 is 0 Å². The summed E-state index contributed by atoms with van der Waals surface area (Å²) in [5, 5.41) is 6.43. The van der Waals surface area contributed by atoms with Gasteiger partial charge in [0.15, 0.2) is 9.84 Å². The molecule has 0 aromatic heterocycles. The summed E-state index contributed by atoms with van der Waals surface area (Å²) in [5.41, 5.74) is 7.83. The molecule has 0 heterocycles. The maximum Gasteiger partial charge on any atom is 0.224 e. The molecule has 3 aromatic rings. The van der Waals surface area contributed by atoms with Gasteiger partial charge in [0.25, 0.3) is 0 Å². The van der Waals surface area contributed by atoms with E-state index in [4.69, 9.17) is 24.7 Å². The molecule has 41 heavy (non-hydrogen) atoms. The lowest BCUT2D eigenvalue weighted by molar-refractivity contribution is -0.121. The Bertz CT molecular complexity index is 1510. The number of sulfone groups is 1. The molecular weight excluding hydrogens is 550 g/mol. The number of hydrogen-bond donors (Lipinski definition) is 3. The smallest absolute Gasteiger partial charge is 0.224 e. The molecule has 0 unspecified atom stereocenters. The fourth-order valence-electron chi connectivity index (χ4n) is 3.85. The van der Waals surface area contributed by atoms with Crippen LogP contribution in [0.5, 0.6) is 23.0 Å². The van der Waals surface area contributed by atoms with Crippen molar-refractivity contribution in [3.63, 3.8) is 0 Å². The fraction of sp³-hybridized carbons (Fsp3) is 0.241. The van der Waals surface area contributed by atoms with Gasteiger partial charge in [0.05, 0.1) is 56.8 Å². The van der Waals surface area contributed by atoms with Gasteiger partial charge in [0.2, 0.25) is 11.8 Å². The van der Waals surface area contributed by atoms with Crippen LogP contribution in [0.15, 0.2) is 60.0 Å². The Hall–Kier alpha value is -4.71. The Morgan fingerprint density at radius 2 is 1.37 bits per heavy atom. The molecule has 0 aliphatic carbocycles. The summed E-state index contributed by atoms with van der Waals surface area (Å²) in [6.45, 7) is 0. The van der Waals surface area contributed by atoms with E-state index in [-0.39, 0.29) is 30.2 Å². The maximum atomic E-state index is 13.0. The molecule has 3 aromatic carbocycles. The summed E-state index contributed by atoms with van der Waals surface area (Å²) < 4.78 is 47.2. The highest BCUT2D eigenvalue weighted by Gasteiger charge is 2.16. The van der Waals surface area contributed by atoms with Crippen LogP contribution in [0.1, 0.15) is 24.0 Å². The number of carbonyl (C=O) groups excluding carboxylic acids is 2. The zero-order valence-corrected chi connectivity index (χ0v) is 24.0. The molecule has 0 fully saturated rings. The van der Waals surface area contributed by atoms with E-state index in [2.05, 4.69) is 10.6 Å². The average Bonchev–Trinajstić information content (AvgIpc) is 2.95. The first-order valence-electron chi connectivity index (χ1n) is 12.4. The van der Waals surface area contributed by atoms with Gasteiger partial charge < -0.3 is 35.3 Å². The summed E-state index contributed by atoms with van der Waals surface area (Å²) in [7, 11) is 2.08. The van der Waals surface area contributed by atoms with Crippen LogP contribution in [0.2, 0.25) is 0 Å². The first-order chi connectivity index (χ1) is 19.6. The minimum absolute atomic E-state index is 0.0837. The topological polar surface area (TPSA) is 155 Å². The van der Waals surface area contributed by atoms with Gasteiger partial charge in [-0.1, -0.05) is 18.2 Å². The fourth-order valence-corrected chi connectivity index (χ4v) is 4.94. The molecule has 0 spiro atoms. The highest BCUT2D eigenvalue weighted by Crippen LogP contribution is 2.35. The van der Waals surface area contributed by atoms with Crippen LogP contribution in [0.3, 0.4) is 0 Å². The van der Waals surface area contributed by atoms with Crippen molar-refractivity contribution < 1.29 is 37.0 Å². The Kier molecular flexibility index (Phi) is 10.6. The molecule has 0 bridgehead atoms. The second-order valence-corrected chi connectivity index (χ2v) is 10.7. The second-order valence-electron chi connectivity index (χ2n) is 8.77. The lowest BCUT2D eigenvalue weighted by Gasteiger charge is -2.13. The van der Waals surface area contributed by atoms with Crippen LogP contribution in [-0.4, -0.2) is 48.7 Å². The van der Waals surface area contributed by atoms with Crippen molar-refractivity contribution in [1.29, 1.82) is 0 Å². The number of para-hydroxylation sites is 2. The van der Waals surface area contributed by atoms with Crippen LogP contribution < -0.4 is 35.3 Å². The summed E-state index contributed by atoms with van der Waals surface area (Å²) in [5.74, 6) is 0.418. The van der Waals surface area contributed by atoms with Crippen LogP contribution in [0.25, 0.3) is 6.08 Å². The minimum Gasteiger partial charge on any atom is -0.496 e. The zero-order valence-electron chi connectivity index (χ0n) is 23.2. The molecule has 0 radical (unpaired) electrons. The van der Waals surface area contributed by atoms with Gasteiger partial charge in [0, 0.05) is 30.4 Å². The van der Waals surface area contributed by atoms with E-state index in [0.29, 0.717) is 45.5 Å². The summed E-state index contributed by atoms with van der Waals surface area (Å²) >= 11 is 0. The number of rotatable bonds is 13. The van der Waals surface area contributed by atoms with Crippen molar-refractivity contribution in [3.05, 3.63) is 71.1 Å². The number of anilines is 3. The van der Waals surface area contributed by atoms with Crippen LogP contribution in [-0.2, 0) is 25.2 Å². The Morgan fingerprint density at radius 1 is 0.780 bits per heavy atom. The van der Waals surface area contributed by atoms with Crippen molar-refractivity contribution in [3.8, 4) is 23.0 Å². The van der Waals surface area contributed by atoms with Gasteiger partial charge in [-0.05, 0) is 35.9 Å². The first-order valence-corrected chi connectivity index (χ1v) is 14.1. The third-order valence-corrected chi connectivity index (χ3v) is 7.20. The van der Waals surface area contributed by atoms with Gasteiger partial charge in [-0.15, -0.1) is 0 Å². The molecule has 218 valence electrons. The molecule has 12 heteroatoms. The van der Waals surface area contributed by atoms with Crippen molar-refractivity contribution in [2.75, 3.05) is 44.8 Å². The number of hydrogen-bond acceptors (Lipinski definition) is 9. The van der Waals surface area contributed by atoms with Crippen molar-refractivity contribution in [2.45, 2.75) is 18.6 Å². The normalized spacial score (nSPS) is 11.1.